The summed E-state index contributed by atoms with van der Waals surface area (Å²) in [6, 6.07) is 9.24. The zero-order valence-electron chi connectivity index (χ0n) is 12.5. The maximum absolute atomic E-state index is 3.49. The van der Waals surface area contributed by atoms with E-state index in [0.717, 1.165) is 0 Å². The van der Waals surface area contributed by atoms with Gasteiger partial charge in [-0.3, -0.25) is 0 Å². The van der Waals surface area contributed by atoms with Crippen molar-refractivity contribution in [3.63, 3.8) is 0 Å². The van der Waals surface area contributed by atoms with Gasteiger partial charge in [0.05, 0.1) is 0 Å². The molecular formula is C17H28N2. The smallest absolute Gasteiger partial charge is 0.0332 e. The van der Waals surface area contributed by atoms with E-state index in [2.05, 4.69) is 48.5 Å². The number of nitrogens with zero attached hydrogens (tertiary/aromatic N) is 1. The van der Waals surface area contributed by atoms with Crippen LogP contribution < -0.4 is 5.32 Å². The summed E-state index contributed by atoms with van der Waals surface area (Å²) >= 11 is 0. The molecule has 0 bridgehead atoms. The molecule has 106 valence electrons. The van der Waals surface area contributed by atoms with E-state index in [4.69, 9.17) is 0 Å². The standard InChI is InChI=1S/C17H28N2/c1-15-9-5-6-10-16(15)17(18-2)11-14-19-12-7-3-4-8-13-19/h5-6,9-10,17-18H,3-4,7-8,11-14H2,1-2H3. The summed E-state index contributed by atoms with van der Waals surface area (Å²) in [7, 11) is 2.08. The molecule has 1 aliphatic rings. The maximum atomic E-state index is 3.49. The Morgan fingerprint density at radius 1 is 1.11 bits per heavy atom. The van der Waals surface area contributed by atoms with Crippen LogP contribution in [0.25, 0.3) is 0 Å². The van der Waals surface area contributed by atoms with Gasteiger partial charge in [-0.2, -0.15) is 0 Å². The Labute approximate surface area is 118 Å². The van der Waals surface area contributed by atoms with Crippen molar-refractivity contribution in [2.75, 3.05) is 26.7 Å². The number of benzene rings is 1. The number of rotatable bonds is 5. The summed E-state index contributed by atoms with van der Waals surface area (Å²) < 4.78 is 0. The third kappa shape index (κ3) is 4.32. The van der Waals surface area contributed by atoms with Crippen LogP contribution >= 0.6 is 0 Å². The minimum absolute atomic E-state index is 0.490. The van der Waals surface area contributed by atoms with Crippen LogP contribution in [0.5, 0.6) is 0 Å². The quantitative estimate of drug-likeness (QED) is 0.871. The lowest BCUT2D eigenvalue weighted by atomic mass is 9.99. The zero-order valence-corrected chi connectivity index (χ0v) is 12.5. The van der Waals surface area contributed by atoms with Gasteiger partial charge in [-0.05, 0) is 64.0 Å². The average Bonchev–Trinajstić information content (AvgIpc) is 2.70. The monoisotopic (exact) mass is 260 g/mol. The Balaban J connectivity index is 1.90. The molecule has 0 aromatic heterocycles. The Hall–Kier alpha value is -0.860. The first-order chi connectivity index (χ1) is 9.31. The lowest BCUT2D eigenvalue weighted by Crippen LogP contribution is -2.29. The van der Waals surface area contributed by atoms with E-state index < -0.39 is 0 Å². The van der Waals surface area contributed by atoms with Crippen molar-refractivity contribution in [3.05, 3.63) is 35.4 Å². The van der Waals surface area contributed by atoms with E-state index in [1.54, 1.807) is 0 Å². The van der Waals surface area contributed by atoms with E-state index in [1.807, 2.05) is 0 Å². The molecule has 1 heterocycles. The summed E-state index contributed by atoms with van der Waals surface area (Å²) in [4.78, 5) is 2.65. The van der Waals surface area contributed by atoms with Crippen LogP contribution in [-0.4, -0.2) is 31.6 Å². The van der Waals surface area contributed by atoms with E-state index in [0.29, 0.717) is 6.04 Å². The van der Waals surface area contributed by atoms with Crippen LogP contribution in [0, 0.1) is 6.92 Å². The van der Waals surface area contributed by atoms with Gasteiger partial charge in [-0.1, -0.05) is 37.1 Å². The summed E-state index contributed by atoms with van der Waals surface area (Å²) in [5, 5.41) is 3.49. The van der Waals surface area contributed by atoms with Crippen molar-refractivity contribution >= 4 is 0 Å². The molecule has 0 spiro atoms. The molecule has 2 heteroatoms. The van der Waals surface area contributed by atoms with Gasteiger partial charge in [0.2, 0.25) is 0 Å². The van der Waals surface area contributed by atoms with Crippen molar-refractivity contribution in [1.82, 2.24) is 10.2 Å². The predicted molar refractivity (Wildman–Crippen MR) is 82.5 cm³/mol. The summed E-state index contributed by atoms with van der Waals surface area (Å²) in [6.07, 6.45) is 6.82. The number of hydrogen-bond acceptors (Lipinski definition) is 2. The van der Waals surface area contributed by atoms with Gasteiger partial charge in [-0.25, -0.2) is 0 Å². The van der Waals surface area contributed by atoms with Crippen molar-refractivity contribution in [3.8, 4) is 0 Å². The molecule has 1 aliphatic heterocycles. The highest BCUT2D eigenvalue weighted by Crippen LogP contribution is 2.21. The fourth-order valence-corrected chi connectivity index (χ4v) is 3.10. The number of likely N-dealkylation sites (tertiary alicyclic amines) is 1. The van der Waals surface area contributed by atoms with Crippen LogP contribution in [0.2, 0.25) is 0 Å². The Kier molecular flexibility index (Phi) is 5.87. The van der Waals surface area contributed by atoms with Crippen LogP contribution in [0.4, 0.5) is 0 Å². The highest BCUT2D eigenvalue weighted by atomic mass is 15.1. The molecule has 1 N–H and O–H groups in total. The molecule has 1 unspecified atom stereocenters. The van der Waals surface area contributed by atoms with Crippen molar-refractivity contribution in [2.24, 2.45) is 0 Å². The molecule has 0 saturated carbocycles. The Morgan fingerprint density at radius 2 is 1.79 bits per heavy atom. The molecule has 1 aromatic carbocycles. The van der Waals surface area contributed by atoms with Crippen molar-refractivity contribution < 1.29 is 0 Å². The molecule has 0 amide bonds. The number of aryl methyl sites for hydroxylation is 1. The topological polar surface area (TPSA) is 15.3 Å². The minimum atomic E-state index is 0.490. The average molecular weight is 260 g/mol. The third-order valence-corrected chi connectivity index (χ3v) is 4.35. The normalized spacial score (nSPS) is 19.1. The maximum Gasteiger partial charge on any atom is 0.0332 e. The second kappa shape index (κ2) is 7.66. The van der Waals surface area contributed by atoms with E-state index in [-0.39, 0.29) is 0 Å². The van der Waals surface area contributed by atoms with Crippen molar-refractivity contribution in [2.45, 2.75) is 45.1 Å². The van der Waals surface area contributed by atoms with Gasteiger partial charge in [0.25, 0.3) is 0 Å². The molecule has 0 radical (unpaired) electrons. The summed E-state index contributed by atoms with van der Waals surface area (Å²) in [6.45, 7) is 6.03. The first kappa shape index (κ1) is 14.5. The van der Waals surface area contributed by atoms with E-state index in [9.17, 15) is 0 Å². The van der Waals surface area contributed by atoms with E-state index >= 15 is 0 Å². The molecule has 2 rings (SSSR count). The fourth-order valence-electron chi connectivity index (χ4n) is 3.10. The van der Waals surface area contributed by atoms with Gasteiger partial charge < -0.3 is 10.2 Å². The van der Waals surface area contributed by atoms with Gasteiger partial charge >= 0.3 is 0 Å². The molecular weight excluding hydrogens is 232 g/mol. The second-order valence-corrected chi connectivity index (χ2v) is 5.74. The third-order valence-electron chi connectivity index (χ3n) is 4.35. The first-order valence-corrected chi connectivity index (χ1v) is 7.76. The lowest BCUT2D eigenvalue weighted by molar-refractivity contribution is 0.268. The molecule has 1 fully saturated rings. The summed E-state index contributed by atoms with van der Waals surface area (Å²) in [5.74, 6) is 0. The highest BCUT2D eigenvalue weighted by Gasteiger charge is 2.14. The van der Waals surface area contributed by atoms with Gasteiger partial charge in [0.1, 0.15) is 0 Å². The van der Waals surface area contributed by atoms with Gasteiger partial charge in [0.15, 0.2) is 0 Å². The molecule has 2 nitrogen and oxygen atoms in total. The van der Waals surface area contributed by atoms with Crippen molar-refractivity contribution in [1.29, 1.82) is 0 Å². The largest absolute Gasteiger partial charge is 0.313 e. The Bertz CT molecular complexity index is 367. The fraction of sp³-hybridized carbons (Fsp3) is 0.647. The SMILES string of the molecule is CNC(CCN1CCCCCC1)c1ccccc1C. The highest BCUT2D eigenvalue weighted by molar-refractivity contribution is 5.28. The first-order valence-electron chi connectivity index (χ1n) is 7.76. The minimum Gasteiger partial charge on any atom is -0.313 e. The lowest BCUT2D eigenvalue weighted by Gasteiger charge is -2.24. The van der Waals surface area contributed by atoms with Crippen LogP contribution in [0.1, 0.15) is 49.3 Å². The van der Waals surface area contributed by atoms with Crippen LogP contribution in [0.3, 0.4) is 0 Å². The summed E-state index contributed by atoms with van der Waals surface area (Å²) in [5.41, 5.74) is 2.86. The van der Waals surface area contributed by atoms with Gasteiger partial charge in [0, 0.05) is 6.04 Å². The molecule has 1 atom stereocenters. The van der Waals surface area contributed by atoms with Crippen LogP contribution in [-0.2, 0) is 0 Å². The molecule has 0 aliphatic carbocycles. The number of hydrogen-bond donors (Lipinski definition) is 1. The number of nitrogens with one attached hydrogen (secondary N) is 1. The van der Waals surface area contributed by atoms with E-state index in [1.165, 1.54) is 62.9 Å². The Morgan fingerprint density at radius 3 is 2.42 bits per heavy atom. The molecule has 1 aromatic rings. The predicted octanol–water partition coefficient (Wildman–Crippen LogP) is 3.52. The second-order valence-electron chi connectivity index (χ2n) is 5.74. The van der Waals surface area contributed by atoms with Gasteiger partial charge in [-0.15, -0.1) is 0 Å². The zero-order chi connectivity index (χ0) is 13.5. The van der Waals surface area contributed by atoms with Crippen LogP contribution in [0.15, 0.2) is 24.3 Å². The molecule has 19 heavy (non-hydrogen) atoms. The molecule has 1 saturated heterocycles.